The molecule has 1 aromatic heterocycles. The molecule has 1 aliphatic heterocycles. The highest BCUT2D eigenvalue weighted by Gasteiger charge is 2.42. The molecule has 1 atom stereocenters. The molecule has 0 spiro atoms. The topological polar surface area (TPSA) is 67.2 Å². The number of rotatable bonds is 3. The molecule has 1 aromatic rings. The van der Waals surface area contributed by atoms with Crippen molar-refractivity contribution in [3.05, 3.63) is 17.5 Å². The number of nitrogens with one attached hydrogen (secondary N) is 1. The number of aromatic nitrogens is 2. The van der Waals surface area contributed by atoms with Crippen molar-refractivity contribution < 1.29 is 9.90 Å². The van der Waals surface area contributed by atoms with Gasteiger partial charge in [-0.1, -0.05) is 0 Å². The van der Waals surface area contributed by atoms with Crippen molar-refractivity contribution in [3.8, 4) is 0 Å². The van der Waals surface area contributed by atoms with E-state index in [4.69, 9.17) is 0 Å². The summed E-state index contributed by atoms with van der Waals surface area (Å²) in [6.45, 7) is 3.25. The molecule has 0 saturated carbocycles. The fourth-order valence-electron chi connectivity index (χ4n) is 2.33. The van der Waals surface area contributed by atoms with Gasteiger partial charge in [0, 0.05) is 25.7 Å². The van der Waals surface area contributed by atoms with E-state index < -0.39 is 11.4 Å². The van der Waals surface area contributed by atoms with E-state index in [0.717, 1.165) is 17.9 Å². The Morgan fingerprint density at radius 1 is 1.75 bits per heavy atom. The van der Waals surface area contributed by atoms with Gasteiger partial charge in [-0.25, -0.2) is 0 Å². The zero-order chi connectivity index (χ0) is 11.8. The molecule has 5 nitrogen and oxygen atoms in total. The van der Waals surface area contributed by atoms with Gasteiger partial charge in [0.15, 0.2) is 0 Å². The number of aliphatic carboxylic acids is 1. The largest absolute Gasteiger partial charge is 0.481 e. The molecule has 0 radical (unpaired) electrons. The predicted molar refractivity (Wildman–Crippen MR) is 59.2 cm³/mol. The second kappa shape index (κ2) is 3.90. The summed E-state index contributed by atoms with van der Waals surface area (Å²) in [4.78, 5) is 11.4. The van der Waals surface area contributed by atoms with Crippen molar-refractivity contribution in [2.75, 3.05) is 13.1 Å². The lowest BCUT2D eigenvalue weighted by Gasteiger charge is -2.22. The number of hydrogen-bond acceptors (Lipinski definition) is 3. The van der Waals surface area contributed by atoms with Crippen molar-refractivity contribution in [2.45, 2.75) is 19.8 Å². The maximum absolute atomic E-state index is 11.4. The Hall–Kier alpha value is -1.36. The fourth-order valence-corrected chi connectivity index (χ4v) is 2.33. The number of nitrogens with zero attached hydrogens (tertiary/aromatic N) is 2. The highest BCUT2D eigenvalue weighted by atomic mass is 16.4. The van der Waals surface area contributed by atoms with E-state index in [-0.39, 0.29) is 0 Å². The number of carboxylic acid groups (broad SMARTS) is 1. The average Bonchev–Trinajstić information content (AvgIpc) is 2.76. The van der Waals surface area contributed by atoms with Crippen molar-refractivity contribution in [1.82, 2.24) is 15.1 Å². The quantitative estimate of drug-likeness (QED) is 0.775. The van der Waals surface area contributed by atoms with Gasteiger partial charge < -0.3 is 10.4 Å². The number of carboxylic acids is 1. The molecular formula is C11H17N3O2. The minimum Gasteiger partial charge on any atom is -0.481 e. The van der Waals surface area contributed by atoms with Crippen LogP contribution in [0.4, 0.5) is 0 Å². The number of carbonyl (C=O) groups is 1. The van der Waals surface area contributed by atoms with Crippen LogP contribution in [0.3, 0.4) is 0 Å². The molecule has 1 saturated heterocycles. The molecule has 1 aliphatic rings. The Kier molecular flexibility index (Phi) is 2.71. The van der Waals surface area contributed by atoms with Gasteiger partial charge in [-0.15, -0.1) is 0 Å². The van der Waals surface area contributed by atoms with E-state index in [1.54, 1.807) is 4.68 Å². The minimum atomic E-state index is -0.712. The molecule has 1 unspecified atom stereocenters. The van der Waals surface area contributed by atoms with Crippen LogP contribution in [0.2, 0.25) is 0 Å². The number of aryl methyl sites for hydroxylation is 2. The molecule has 2 N–H and O–H groups in total. The van der Waals surface area contributed by atoms with Crippen LogP contribution in [0.1, 0.15) is 17.8 Å². The maximum atomic E-state index is 11.4. The summed E-state index contributed by atoms with van der Waals surface area (Å²) in [6.07, 6.45) is 1.24. The molecule has 16 heavy (non-hydrogen) atoms. The van der Waals surface area contributed by atoms with Crippen molar-refractivity contribution >= 4 is 5.97 Å². The Morgan fingerprint density at radius 3 is 2.94 bits per heavy atom. The van der Waals surface area contributed by atoms with Gasteiger partial charge in [0.05, 0.1) is 11.1 Å². The highest BCUT2D eigenvalue weighted by molar-refractivity contribution is 5.75. The van der Waals surface area contributed by atoms with Crippen LogP contribution in [0.5, 0.6) is 0 Å². The van der Waals surface area contributed by atoms with Gasteiger partial charge in [-0.05, 0) is 26.0 Å². The molecule has 0 aliphatic carbocycles. The summed E-state index contributed by atoms with van der Waals surface area (Å²) >= 11 is 0. The first-order valence-corrected chi connectivity index (χ1v) is 5.47. The van der Waals surface area contributed by atoms with Crippen LogP contribution in [0, 0.1) is 12.3 Å². The van der Waals surface area contributed by atoms with Gasteiger partial charge in [0.2, 0.25) is 0 Å². The van der Waals surface area contributed by atoms with Crippen LogP contribution in [0.25, 0.3) is 0 Å². The molecule has 0 amide bonds. The Bertz CT molecular complexity index is 405. The summed E-state index contributed by atoms with van der Waals surface area (Å²) < 4.78 is 1.78. The molecule has 88 valence electrons. The molecule has 2 rings (SSSR count). The summed E-state index contributed by atoms with van der Waals surface area (Å²) in [5.74, 6) is -0.712. The third-order valence-corrected chi connectivity index (χ3v) is 3.32. The van der Waals surface area contributed by atoms with E-state index in [1.165, 1.54) is 0 Å². The lowest BCUT2D eigenvalue weighted by Crippen LogP contribution is -2.36. The van der Waals surface area contributed by atoms with Crippen molar-refractivity contribution in [3.63, 3.8) is 0 Å². The average molecular weight is 223 g/mol. The van der Waals surface area contributed by atoms with E-state index in [9.17, 15) is 9.90 Å². The van der Waals surface area contributed by atoms with Crippen molar-refractivity contribution in [1.29, 1.82) is 0 Å². The van der Waals surface area contributed by atoms with Crippen LogP contribution in [-0.2, 0) is 18.3 Å². The van der Waals surface area contributed by atoms with Crippen LogP contribution in [-0.4, -0.2) is 33.9 Å². The first-order chi connectivity index (χ1) is 7.53. The zero-order valence-corrected chi connectivity index (χ0v) is 9.66. The van der Waals surface area contributed by atoms with Gasteiger partial charge in [-0.3, -0.25) is 9.48 Å². The standard InChI is InChI=1S/C11H17N3O2/c1-8-5-9(14(2)13-8)6-11(10(15)16)3-4-12-7-11/h5,12H,3-4,6-7H2,1-2H3,(H,15,16). The lowest BCUT2D eigenvalue weighted by atomic mass is 9.82. The third-order valence-electron chi connectivity index (χ3n) is 3.32. The number of hydrogen-bond donors (Lipinski definition) is 2. The third kappa shape index (κ3) is 1.82. The molecule has 0 aromatic carbocycles. The molecular weight excluding hydrogens is 206 g/mol. The monoisotopic (exact) mass is 223 g/mol. The second-order valence-electron chi connectivity index (χ2n) is 4.59. The Labute approximate surface area is 94.5 Å². The summed E-state index contributed by atoms with van der Waals surface area (Å²) in [7, 11) is 1.86. The highest BCUT2D eigenvalue weighted by Crippen LogP contribution is 2.30. The minimum absolute atomic E-state index is 0.548. The SMILES string of the molecule is Cc1cc(CC2(C(=O)O)CCNC2)n(C)n1. The van der Waals surface area contributed by atoms with Crippen LogP contribution < -0.4 is 5.32 Å². The molecule has 0 bridgehead atoms. The van der Waals surface area contributed by atoms with Gasteiger partial charge >= 0.3 is 5.97 Å². The Morgan fingerprint density at radius 2 is 2.50 bits per heavy atom. The summed E-state index contributed by atoms with van der Waals surface area (Å²) in [6, 6.07) is 1.96. The first kappa shape index (κ1) is 11.1. The first-order valence-electron chi connectivity index (χ1n) is 5.47. The summed E-state index contributed by atoms with van der Waals surface area (Å²) in [5.41, 5.74) is 1.27. The smallest absolute Gasteiger partial charge is 0.311 e. The lowest BCUT2D eigenvalue weighted by molar-refractivity contribution is -0.147. The van der Waals surface area contributed by atoms with Gasteiger partial charge in [0.1, 0.15) is 0 Å². The van der Waals surface area contributed by atoms with Gasteiger partial charge in [-0.2, -0.15) is 5.10 Å². The zero-order valence-electron chi connectivity index (χ0n) is 9.66. The van der Waals surface area contributed by atoms with Gasteiger partial charge in [0.25, 0.3) is 0 Å². The maximum Gasteiger partial charge on any atom is 0.311 e. The normalized spacial score (nSPS) is 24.9. The van der Waals surface area contributed by atoms with E-state index in [1.807, 2.05) is 20.0 Å². The molecule has 1 fully saturated rings. The fraction of sp³-hybridized carbons (Fsp3) is 0.636. The van der Waals surface area contributed by atoms with E-state index >= 15 is 0 Å². The summed E-state index contributed by atoms with van der Waals surface area (Å²) in [5, 5.41) is 16.7. The van der Waals surface area contributed by atoms with E-state index in [2.05, 4.69) is 10.4 Å². The van der Waals surface area contributed by atoms with Crippen LogP contribution >= 0.6 is 0 Å². The van der Waals surface area contributed by atoms with Crippen molar-refractivity contribution in [2.24, 2.45) is 12.5 Å². The predicted octanol–water partition coefficient (Wildman–Crippen LogP) is 0.335. The molecule has 5 heteroatoms. The van der Waals surface area contributed by atoms with E-state index in [0.29, 0.717) is 19.4 Å². The second-order valence-corrected chi connectivity index (χ2v) is 4.59. The molecule has 2 heterocycles. The Balaban J connectivity index is 2.24. The van der Waals surface area contributed by atoms with Crippen LogP contribution in [0.15, 0.2) is 6.07 Å².